The van der Waals surface area contributed by atoms with Gasteiger partial charge in [0, 0.05) is 0 Å². The van der Waals surface area contributed by atoms with Crippen LogP contribution in [-0.2, 0) is 4.79 Å². The number of likely N-dealkylation sites (tertiary alicyclic amines) is 2. The summed E-state index contributed by atoms with van der Waals surface area (Å²) in [6.07, 6.45) is 35.1. The molecule has 2 unspecified atom stereocenters. The summed E-state index contributed by atoms with van der Waals surface area (Å²) in [6, 6.07) is 0.418. The predicted octanol–water partition coefficient (Wildman–Crippen LogP) is 10.1. The molecule has 0 bridgehead atoms. The van der Waals surface area contributed by atoms with Crippen molar-refractivity contribution < 1.29 is 4.79 Å². The molecule has 3 heteroatoms. The molecule has 2 atom stereocenters. The number of hydrogen-bond donors (Lipinski definition) is 0. The first-order valence-corrected chi connectivity index (χ1v) is 17.8. The molecule has 0 amide bonds. The molecule has 2 heterocycles. The number of ketones is 1. The first kappa shape index (κ1) is 33.8. The molecule has 2 fully saturated rings. The Morgan fingerprint density at radius 2 is 0.789 bits per heavy atom. The fourth-order valence-electron chi connectivity index (χ4n) is 6.99. The lowest BCUT2D eigenvalue weighted by Gasteiger charge is -2.41. The largest absolute Gasteiger partial charge is 0.296 e. The fourth-order valence-corrected chi connectivity index (χ4v) is 6.99. The van der Waals surface area contributed by atoms with Crippen LogP contribution in [0, 0.1) is 0 Å². The van der Waals surface area contributed by atoms with E-state index >= 15 is 0 Å². The number of unbranched alkanes of at least 4 members (excludes halogenated alkanes) is 18. The molecule has 38 heavy (non-hydrogen) atoms. The van der Waals surface area contributed by atoms with Crippen LogP contribution in [0.3, 0.4) is 0 Å². The lowest BCUT2D eigenvalue weighted by molar-refractivity contribution is -0.132. The molecule has 2 rings (SSSR count). The van der Waals surface area contributed by atoms with E-state index < -0.39 is 0 Å². The van der Waals surface area contributed by atoms with Crippen LogP contribution < -0.4 is 0 Å². The molecule has 0 aliphatic carbocycles. The summed E-state index contributed by atoms with van der Waals surface area (Å²) in [5, 5.41) is 0. The Balaban J connectivity index is 1.63. The van der Waals surface area contributed by atoms with Gasteiger partial charge in [-0.3, -0.25) is 14.6 Å². The minimum absolute atomic E-state index is 0.209. The van der Waals surface area contributed by atoms with Gasteiger partial charge >= 0.3 is 0 Å². The zero-order valence-corrected chi connectivity index (χ0v) is 26.2. The summed E-state index contributed by atoms with van der Waals surface area (Å²) >= 11 is 0. The maximum absolute atomic E-state index is 13.9. The number of piperidine rings is 2. The van der Waals surface area contributed by atoms with Crippen LogP contribution in [0.5, 0.6) is 0 Å². The summed E-state index contributed by atoms with van der Waals surface area (Å²) in [4.78, 5) is 19.1. The second-order valence-corrected chi connectivity index (χ2v) is 12.9. The Morgan fingerprint density at radius 1 is 0.474 bits per heavy atom. The minimum Gasteiger partial charge on any atom is -0.296 e. The average Bonchev–Trinajstić information content (AvgIpc) is 2.95. The molecule has 3 nitrogen and oxygen atoms in total. The van der Waals surface area contributed by atoms with Gasteiger partial charge in [0.25, 0.3) is 0 Å². The third kappa shape index (κ3) is 14.8. The summed E-state index contributed by atoms with van der Waals surface area (Å²) in [5.41, 5.74) is 0. The Labute approximate surface area is 239 Å². The van der Waals surface area contributed by atoms with Crippen molar-refractivity contribution >= 4 is 5.78 Å². The fraction of sp³-hybridized carbons (Fsp3) is 0.971. The van der Waals surface area contributed by atoms with Gasteiger partial charge in [-0.05, 0) is 64.7 Å². The van der Waals surface area contributed by atoms with E-state index in [9.17, 15) is 4.79 Å². The standard InChI is InChI=1S/C35H68N2O/c1-3-5-7-9-11-13-15-17-19-23-29-36-31-25-21-27-33(36)35(38)34-28-22-26-32-37(34)30-24-20-18-16-14-12-10-8-6-4-2/h33-34H,3-32H2,1-2H3. The number of carbonyl (C=O) groups excluding carboxylic acids is 1. The lowest BCUT2D eigenvalue weighted by Crippen LogP contribution is -2.54. The van der Waals surface area contributed by atoms with Crippen LogP contribution in [0.4, 0.5) is 0 Å². The highest BCUT2D eigenvalue weighted by atomic mass is 16.1. The van der Waals surface area contributed by atoms with Crippen molar-refractivity contribution in [3.8, 4) is 0 Å². The van der Waals surface area contributed by atoms with Gasteiger partial charge in [0.15, 0.2) is 5.78 Å². The molecular weight excluding hydrogens is 464 g/mol. The highest BCUT2D eigenvalue weighted by Crippen LogP contribution is 2.26. The molecule has 0 aromatic carbocycles. The molecule has 0 aromatic rings. The molecule has 2 aliphatic rings. The topological polar surface area (TPSA) is 23.6 Å². The third-order valence-corrected chi connectivity index (χ3v) is 9.48. The van der Waals surface area contributed by atoms with Crippen molar-refractivity contribution in [3.05, 3.63) is 0 Å². The van der Waals surface area contributed by atoms with Crippen LogP contribution >= 0.6 is 0 Å². The van der Waals surface area contributed by atoms with Crippen molar-refractivity contribution in [1.82, 2.24) is 9.80 Å². The van der Waals surface area contributed by atoms with Gasteiger partial charge in [-0.15, -0.1) is 0 Å². The maximum atomic E-state index is 13.9. The van der Waals surface area contributed by atoms with Crippen molar-refractivity contribution in [2.75, 3.05) is 26.2 Å². The van der Waals surface area contributed by atoms with E-state index in [1.54, 1.807) is 0 Å². The molecule has 0 spiro atoms. The Morgan fingerprint density at radius 3 is 1.13 bits per heavy atom. The van der Waals surface area contributed by atoms with E-state index in [-0.39, 0.29) is 12.1 Å². The van der Waals surface area contributed by atoms with Crippen molar-refractivity contribution in [2.24, 2.45) is 0 Å². The SMILES string of the molecule is CCCCCCCCCCCCN1CCCCC1C(=O)C1CCCCN1CCCCCCCCCCCC. The van der Waals surface area contributed by atoms with Crippen molar-refractivity contribution in [1.29, 1.82) is 0 Å². The second-order valence-electron chi connectivity index (χ2n) is 12.9. The number of hydrogen-bond acceptors (Lipinski definition) is 3. The van der Waals surface area contributed by atoms with Gasteiger partial charge in [0.1, 0.15) is 0 Å². The van der Waals surface area contributed by atoms with Gasteiger partial charge in [0.05, 0.1) is 12.1 Å². The molecule has 224 valence electrons. The Kier molecular flexibility index (Phi) is 20.7. The normalized spacial score (nSPS) is 21.2. The monoisotopic (exact) mass is 533 g/mol. The highest BCUT2D eigenvalue weighted by Gasteiger charge is 2.36. The molecule has 2 saturated heterocycles. The summed E-state index contributed by atoms with van der Waals surface area (Å²) in [5.74, 6) is 0.587. The van der Waals surface area contributed by atoms with E-state index in [0.29, 0.717) is 5.78 Å². The predicted molar refractivity (Wildman–Crippen MR) is 167 cm³/mol. The van der Waals surface area contributed by atoms with Crippen LogP contribution in [0.2, 0.25) is 0 Å². The molecule has 0 saturated carbocycles. The van der Waals surface area contributed by atoms with E-state index in [1.165, 1.54) is 154 Å². The Bertz CT molecular complexity index is 504. The molecule has 0 radical (unpaired) electrons. The van der Waals surface area contributed by atoms with E-state index in [4.69, 9.17) is 0 Å². The first-order chi connectivity index (χ1) is 18.8. The maximum Gasteiger partial charge on any atom is 0.166 e. The average molecular weight is 533 g/mol. The minimum atomic E-state index is 0.209. The summed E-state index contributed by atoms with van der Waals surface area (Å²) < 4.78 is 0. The van der Waals surface area contributed by atoms with Gasteiger partial charge in [-0.2, -0.15) is 0 Å². The van der Waals surface area contributed by atoms with Gasteiger partial charge in [-0.25, -0.2) is 0 Å². The third-order valence-electron chi connectivity index (χ3n) is 9.48. The zero-order valence-electron chi connectivity index (χ0n) is 26.2. The smallest absolute Gasteiger partial charge is 0.166 e. The van der Waals surface area contributed by atoms with E-state index in [0.717, 1.165) is 39.0 Å². The quantitative estimate of drug-likeness (QED) is 0.116. The Hall–Kier alpha value is -0.410. The number of Topliss-reactive ketones (excluding diaryl/α,β-unsaturated/α-hetero) is 1. The molecule has 2 aliphatic heterocycles. The van der Waals surface area contributed by atoms with Crippen LogP contribution in [0.25, 0.3) is 0 Å². The lowest BCUT2D eigenvalue weighted by atomic mass is 9.89. The van der Waals surface area contributed by atoms with Crippen LogP contribution in [-0.4, -0.2) is 53.8 Å². The molecule has 0 N–H and O–H groups in total. The number of nitrogens with zero attached hydrogens (tertiary/aromatic N) is 2. The number of carbonyl (C=O) groups is 1. The van der Waals surface area contributed by atoms with Crippen LogP contribution in [0.15, 0.2) is 0 Å². The number of rotatable bonds is 24. The zero-order chi connectivity index (χ0) is 27.1. The van der Waals surface area contributed by atoms with E-state index in [2.05, 4.69) is 23.6 Å². The highest BCUT2D eigenvalue weighted by molar-refractivity contribution is 5.89. The van der Waals surface area contributed by atoms with Crippen LogP contribution in [0.1, 0.15) is 181 Å². The van der Waals surface area contributed by atoms with Crippen molar-refractivity contribution in [3.63, 3.8) is 0 Å². The summed E-state index contributed by atoms with van der Waals surface area (Å²) in [6.45, 7) is 9.20. The van der Waals surface area contributed by atoms with Crippen molar-refractivity contribution in [2.45, 2.75) is 193 Å². The molecular formula is C35H68N2O. The van der Waals surface area contributed by atoms with E-state index in [1.807, 2.05) is 0 Å². The molecule has 0 aromatic heterocycles. The summed E-state index contributed by atoms with van der Waals surface area (Å²) in [7, 11) is 0. The van der Waals surface area contributed by atoms with Gasteiger partial charge in [-0.1, -0.05) is 142 Å². The van der Waals surface area contributed by atoms with Gasteiger partial charge in [0.2, 0.25) is 0 Å². The second kappa shape index (κ2) is 23.3. The van der Waals surface area contributed by atoms with Gasteiger partial charge < -0.3 is 0 Å². The first-order valence-electron chi connectivity index (χ1n) is 17.8.